The van der Waals surface area contributed by atoms with E-state index in [1.807, 2.05) is 62.4 Å². The van der Waals surface area contributed by atoms with Crippen LogP contribution in [0, 0.1) is 13.8 Å². The molecule has 17 N–H and O–H groups in total. The molecular weight excluding hydrogens is 893 g/mol. The van der Waals surface area contributed by atoms with Gasteiger partial charge < -0.3 is 74.5 Å². The van der Waals surface area contributed by atoms with Crippen molar-refractivity contribution in [3.05, 3.63) is 155 Å². The number of carbonyl (C=O) groups excluding carboxylic acids is 1. The topological polar surface area (TPSA) is 264 Å². The number of unbranched alkanes of at least 4 members (excludes halogenated alkanes) is 1. The number of fused-ring (bicyclic) bond motifs is 1. The number of rotatable bonds is 28. The molecule has 0 aliphatic heterocycles. The Morgan fingerprint density at radius 2 is 0.958 bits per heavy atom. The number of nitrogens with two attached hydrogens (primary N) is 3. The van der Waals surface area contributed by atoms with Gasteiger partial charge in [-0.15, -0.1) is 0 Å². The molecule has 6 rings (SSSR count). The maximum absolute atomic E-state index is 11.2. The fraction of sp³-hybridized carbons (Fsp3) is 0.411. The van der Waals surface area contributed by atoms with Crippen LogP contribution < -0.4 is 49.1 Å². The number of aromatic hydroxyl groups is 4. The third-order valence-corrected chi connectivity index (χ3v) is 11.4. The minimum Gasteiger partial charge on any atom is -0.508 e. The Balaban J connectivity index is 0.000000518. The summed E-state index contributed by atoms with van der Waals surface area (Å²) < 4.78 is 0. The number of primary amides is 1. The number of phenols is 4. The largest absolute Gasteiger partial charge is 0.508 e. The summed E-state index contributed by atoms with van der Waals surface area (Å²) in [5.74, 6) is 0.855. The molecule has 3 unspecified atom stereocenters. The smallest absolute Gasteiger partial charge is 0.218 e. The molecule has 0 aliphatic rings. The number of nitrogens with one attached hydrogen (secondary N) is 7. The lowest BCUT2D eigenvalue weighted by Gasteiger charge is -2.23. The Bertz CT molecular complexity index is 2170. The average Bonchev–Trinajstić information content (AvgIpc) is 3.77. The van der Waals surface area contributed by atoms with E-state index in [4.69, 9.17) is 27.4 Å². The van der Waals surface area contributed by atoms with Gasteiger partial charge in [0.15, 0.2) is 0 Å². The van der Waals surface area contributed by atoms with Crippen molar-refractivity contribution >= 4 is 16.8 Å². The summed E-state index contributed by atoms with van der Waals surface area (Å²) in [7, 11) is 0. The van der Waals surface area contributed by atoms with Crippen molar-refractivity contribution in [1.29, 1.82) is 0 Å². The zero-order valence-electron chi connectivity index (χ0n) is 42.3. The second-order valence-corrected chi connectivity index (χ2v) is 17.7. The lowest BCUT2D eigenvalue weighted by Crippen LogP contribution is -2.47. The van der Waals surface area contributed by atoms with Crippen LogP contribution in [0.2, 0.25) is 0 Å². The Kier molecular flexibility index (Phi) is 30.1. The summed E-state index contributed by atoms with van der Waals surface area (Å²) in [6.45, 7) is 14.3. The molecule has 0 spiro atoms. The molecule has 71 heavy (non-hydrogen) atoms. The number of aryl methyl sites for hydroxylation is 2. The van der Waals surface area contributed by atoms with Crippen LogP contribution in [0.3, 0.4) is 0 Å². The number of H-pyrrole nitrogens is 1. The molecule has 15 nitrogen and oxygen atoms in total. The molecule has 0 radical (unpaired) electrons. The monoisotopic (exact) mass is 977 g/mol. The van der Waals surface area contributed by atoms with Gasteiger partial charge in [0.2, 0.25) is 5.91 Å². The highest BCUT2D eigenvalue weighted by Gasteiger charge is 2.14. The van der Waals surface area contributed by atoms with Gasteiger partial charge in [0.25, 0.3) is 0 Å². The van der Waals surface area contributed by atoms with Crippen LogP contribution in [0.5, 0.6) is 23.0 Å². The van der Waals surface area contributed by atoms with Gasteiger partial charge in [-0.2, -0.15) is 0 Å². The molecule has 388 valence electrons. The van der Waals surface area contributed by atoms with E-state index in [0.29, 0.717) is 37.6 Å². The van der Waals surface area contributed by atoms with E-state index in [-0.39, 0.29) is 35.5 Å². The van der Waals surface area contributed by atoms with E-state index < -0.39 is 0 Å². The van der Waals surface area contributed by atoms with Crippen molar-refractivity contribution in [2.75, 3.05) is 72.0 Å². The molecule has 1 aromatic heterocycles. The van der Waals surface area contributed by atoms with Crippen LogP contribution in [0.25, 0.3) is 10.9 Å². The van der Waals surface area contributed by atoms with Crippen LogP contribution in [0.15, 0.2) is 128 Å². The molecule has 0 fully saturated rings. The number of phenolic OH excluding ortho intramolecular Hbond substituents is 4. The number of hydrogen-bond acceptors (Lipinski definition) is 13. The van der Waals surface area contributed by atoms with Gasteiger partial charge in [-0.05, 0) is 117 Å². The average molecular weight is 977 g/mol. The van der Waals surface area contributed by atoms with Crippen molar-refractivity contribution in [3.8, 4) is 23.0 Å². The Hall–Kier alpha value is -6.01. The number of aromatic nitrogens is 1. The van der Waals surface area contributed by atoms with Crippen LogP contribution in [-0.4, -0.2) is 121 Å². The molecular formula is C56H84N10O5. The number of para-hydroxylation sites is 1. The highest BCUT2D eigenvalue weighted by Crippen LogP contribution is 2.19. The summed E-state index contributed by atoms with van der Waals surface area (Å²) in [6.07, 6.45) is 7.32. The second-order valence-electron chi connectivity index (χ2n) is 17.7. The quantitative estimate of drug-likeness (QED) is 0.0281. The number of amides is 1. The van der Waals surface area contributed by atoms with Crippen LogP contribution in [0.4, 0.5) is 0 Å². The van der Waals surface area contributed by atoms with Gasteiger partial charge in [0, 0.05) is 107 Å². The van der Waals surface area contributed by atoms with Crippen molar-refractivity contribution < 1.29 is 25.2 Å². The van der Waals surface area contributed by atoms with Gasteiger partial charge >= 0.3 is 0 Å². The first kappa shape index (κ1) is 59.3. The molecule has 1 heterocycles. The molecule has 0 aliphatic carbocycles. The van der Waals surface area contributed by atoms with Crippen LogP contribution >= 0.6 is 0 Å². The fourth-order valence-corrected chi connectivity index (χ4v) is 7.40. The van der Waals surface area contributed by atoms with E-state index in [1.165, 1.54) is 34.9 Å². The SMILES string of the molecule is CCCCN.Cc1ccc(O)cc1.Cc1ccc(O)cc1.NCCNC(CNCCNC(CNCCNC(CNCCC(N)=O)Cc1ccc(O)cc1)Cc1ccc(O)cc1)Cc1c[nH]c2ccccc12. The summed E-state index contributed by atoms with van der Waals surface area (Å²) in [5, 5.41) is 59.8. The van der Waals surface area contributed by atoms with E-state index in [1.54, 1.807) is 48.5 Å². The zero-order chi connectivity index (χ0) is 51.5. The lowest BCUT2D eigenvalue weighted by molar-refractivity contribution is -0.117. The Morgan fingerprint density at radius 3 is 1.37 bits per heavy atom. The second kappa shape index (κ2) is 36.0. The summed E-state index contributed by atoms with van der Waals surface area (Å²) >= 11 is 0. The third-order valence-electron chi connectivity index (χ3n) is 11.4. The maximum atomic E-state index is 11.2. The van der Waals surface area contributed by atoms with Gasteiger partial charge in [-0.25, -0.2) is 0 Å². The number of benzene rings is 5. The Labute approximate surface area is 422 Å². The third kappa shape index (κ3) is 27.3. The maximum Gasteiger partial charge on any atom is 0.218 e. The predicted molar refractivity (Wildman–Crippen MR) is 292 cm³/mol. The van der Waals surface area contributed by atoms with E-state index in [2.05, 4.69) is 74.3 Å². The van der Waals surface area contributed by atoms with Crippen molar-refractivity contribution in [2.24, 2.45) is 17.2 Å². The molecule has 0 saturated heterocycles. The number of aromatic amines is 1. The molecule has 5 aromatic carbocycles. The zero-order valence-corrected chi connectivity index (χ0v) is 42.3. The van der Waals surface area contributed by atoms with Gasteiger partial charge in [0.05, 0.1) is 0 Å². The van der Waals surface area contributed by atoms with E-state index >= 15 is 0 Å². The molecule has 1 amide bonds. The number of hydrogen-bond donors (Lipinski definition) is 14. The molecule has 0 saturated carbocycles. The Morgan fingerprint density at radius 1 is 0.535 bits per heavy atom. The molecule has 6 aromatic rings. The van der Waals surface area contributed by atoms with Gasteiger partial charge in [-0.1, -0.05) is 91.2 Å². The molecule has 3 atom stereocenters. The van der Waals surface area contributed by atoms with Crippen molar-refractivity contribution in [2.45, 2.75) is 77.4 Å². The highest BCUT2D eigenvalue weighted by molar-refractivity contribution is 5.83. The summed E-state index contributed by atoms with van der Waals surface area (Å²) in [5.41, 5.74) is 23.3. The first-order valence-corrected chi connectivity index (χ1v) is 25.0. The lowest BCUT2D eigenvalue weighted by atomic mass is 10.0. The van der Waals surface area contributed by atoms with E-state index in [9.17, 15) is 15.0 Å². The molecule has 0 bridgehead atoms. The standard InChI is InChI=1S/C38H57N9O3.2C7H8O.C4H11N/c39-14-16-44-33(23-30-24-47-37-4-2-1-3-36(30)37)27-43-18-20-46-32(22-29-7-11-35(49)12-8-29)26-42-17-19-45-31(25-41-15-13-38(40)50)21-28-5-9-34(48)10-6-28;2*1-6-2-4-7(8)5-3-6;1-2-3-4-5/h1-12,24,31-33,41-49H,13-23,25-27,39H2,(H2,40,50);2*2-5,8H,1H3;2-5H2,1H3. The molecule has 15 heteroatoms. The van der Waals surface area contributed by atoms with Crippen molar-refractivity contribution in [1.82, 2.24) is 36.9 Å². The normalized spacial score (nSPS) is 12.1. The van der Waals surface area contributed by atoms with Crippen LogP contribution in [-0.2, 0) is 24.1 Å². The minimum absolute atomic E-state index is 0.144. The van der Waals surface area contributed by atoms with Crippen molar-refractivity contribution in [3.63, 3.8) is 0 Å². The van der Waals surface area contributed by atoms with Gasteiger partial charge in [-0.3, -0.25) is 4.79 Å². The van der Waals surface area contributed by atoms with Gasteiger partial charge in [0.1, 0.15) is 23.0 Å². The summed E-state index contributed by atoms with van der Waals surface area (Å²) in [6, 6.07) is 37.9. The first-order valence-electron chi connectivity index (χ1n) is 25.0. The summed E-state index contributed by atoms with van der Waals surface area (Å²) in [4.78, 5) is 14.5. The highest BCUT2D eigenvalue weighted by atomic mass is 16.3. The minimum atomic E-state index is -0.318. The predicted octanol–water partition coefficient (Wildman–Crippen LogP) is 5.23. The fourth-order valence-electron chi connectivity index (χ4n) is 7.40. The number of carbonyl (C=O) groups is 1. The van der Waals surface area contributed by atoms with Crippen LogP contribution in [0.1, 0.15) is 54.0 Å². The first-order chi connectivity index (χ1) is 34.4. The van der Waals surface area contributed by atoms with E-state index in [0.717, 1.165) is 88.3 Å².